The number of cyclic esters (lactones) is 1. The Hall–Kier alpha value is -2.24. The molecule has 3 N–H and O–H groups in total. The maximum absolute atomic E-state index is 12.9. The first-order valence-electron chi connectivity index (χ1n) is 12.0. The van der Waals surface area contributed by atoms with Crippen molar-refractivity contribution in [1.29, 1.82) is 0 Å². The maximum atomic E-state index is 12.9. The van der Waals surface area contributed by atoms with Gasteiger partial charge in [-0.2, -0.15) is 0 Å². The summed E-state index contributed by atoms with van der Waals surface area (Å²) in [5.41, 5.74) is 0. The molecule has 34 heavy (non-hydrogen) atoms. The number of carbonyl (C=O) groups excluding carboxylic acids is 4. The van der Waals surface area contributed by atoms with E-state index in [1.807, 2.05) is 13.8 Å². The third kappa shape index (κ3) is 7.38. The topological polar surface area (TPSA) is 158 Å². The van der Waals surface area contributed by atoms with E-state index in [9.17, 15) is 29.4 Å². The lowest BCUT2D eigenvalue weighted by Gasteiger charge is -2.51. The van der Waals surface area contributed by atoms with Crippen molar-refractivity contribution in [2.45, 2.75) is 115 Å². The van der Waals surface area contributed by atoms with Crippen LogP contribution in [0.1, 0.15) is 78.6 Å². The summed E-state index contributed by atoms with van der Waals surface area (Å²) >= 11 is 0. The predicted octanol–water partition coefficient (Wildman–Crippen LogP) is 0.871. The van der Waals surface area contributed by atoms with Gasteiger partial charge in [0.2, 0.25) is 5.91 Å². The molecule has 0 aromatic heterocycles. The summed E-state index contributed by atoms with van der Waals surface area (Å²) in [5, 5.41) is 23.9. The fourth-order valence-electron chi connectivity index (χ4n) is 4.08. The van der Waals surface area contributed by atoms with Crippen LogP contribution in [0.3, 0.4) is 0 Å². The Labute approximate surface area is 199 Å². The van der Waals surface area contributed by atoms with Crippen LogP contribution in [-0.2, 0) is 38.1 Å². The standard InChI is InChI=1S/C23H37NO10/c1-4-6-8-10-17(28)31-13-16(27)20-21-19(24-14(3)25)15(26)12-23(34-21,22(30)32-20)33-18(29)11-9-7-5-2/h15-16,19-21,26-27H,4-13H2,1-3H3,(H,24,25)/t15-,16+,19+,20+,21-,23-/m0/s1. The first-order valence-corrected chi connectivity index (χ1v) is 12.0. The molecule has 1 amide bonds. The first-order chi connectivity index (χ1) is 16.1. The van der Waals surface area contributed by atoms with E-state index in [1.165, 1.54) is 6.92 Å². The van der Waals surface area contributed by atoms with Gasteiger partial charge in [0, 0.05) is 19.8 Å². The molecule has 0 aromatic rings. The lowest BCUT2D eigenvalue weighted by atomic mass is 9.86. The number of nitrogens with one attached hydrogen (secondary N) is 1. The second kappa shape index (κ2) is 13.0. The van der Waals surface area contributed by atoms with Crippen molar-refractivity contribution < 1.29 is 48.3 Å². The van der Waals surface area contributed by atoms with Gasteiger partial charge in [0.25, 0.3) is 0 Å². The van der Waals surface area contributed by atoms with Crippen LogP contribution in [0.5, 0.6) is 0 Å². The van der Waals surface area contributed by atoms with Gasteiger partial charge in [0.15, 0.2) is 6.10 Å². The van der Waals surface area contributed by atoms with E-state index in [0.29, 0.717) is 12.8 Å². The van der Waals surface area contributed by atoms with Crippen LogP contribution in [0.4, 0.5) is 0 Å². The van der Waals surface area contributed by atoms with Crippen LogP contribution in [0.25, 0.3) is 0 Å². The number of rotatable bonds is 13. The molecule has 11 nitrogen and oxygen atoms in total. The third-order valence-corrected chi connectivity index (χ3v) is 5.86. The number of esters is 3. The lowest BCUT2D eigenvalue weighted by molar-refractivity contribution is -0.333. The van der Waals surface area contributed by atoms with Gasteiger partial charge in [0.1, 0.15) is 18.8 Å². The van der Waals surface area contributed by atoms with Crippen LogP contribution < -0.4 is 5.32 Å². The molecule has 2 rings (SSSR count). The molecule has 0 aromatic carbocycles. The zero-order chi connectivity index (χ0) is 25.3. The molecule has 194 valence electrons. The molecule has 2 saturated heterocycles. The van der Waals surface area contributed by atoms with Crippen LogP contribution in [0.15, 0.2) is 0 Å². The summed E-state index contributed by atoms with van der Waals surface area (Å²) in [6.45, 7) is 4.74. The number of ether oxygens (including phenoxy) is 4. The Bertz CT molecular complexity index is 729. The van der Waals surface area contributed by atoms with Crippen molar-refractivity contribution in [2.75, 3.05) is 6.61 Å². The van der Waals surface area contributed by atoms with E-state index >= 15 is 0 Å². The van der Waals surface area contributed by atoms with E-state index in [0.717, 1.165) is 25.7 Å². The van der Waals surface area contributed by atoms with Crippen LogP contribution in [0.2, 0.25) is 0 Å². The van der Waals surface area contributed by atoms with Crippen molar-refractivity contribution in [3.05, 3.63) is 0 Å². The average Bonchev–Trinajstić information content (AvgIpc) is 2.77. The summed E-state index contributed by atoms with van der Waals surface area (Å²) in [5.74, 6) is -4.94. The third-order valence-electron chi connectivity index (χ3n) is 5.86. The van der Waals surface area contributed by atoms with Gasteiger partial charge in [-0.1, -0.05) is 39.5 Å². The zero-order valence-corrected chi connectivity index (χ0v) is 20.1. The Morgan fingerprint density at radius 2 is 1.74 bits per heavy atom. The van der Waals surface area contributed by atoms with E-state index in [-0.39, 0.29) is 12.8 Å². The Balaban J connectivity index is 2.14. The number of amides is 1. The smallest absolute Gasteiger partial charge is 0.380 e. The summed E-state index contributed by atoms with van der Waals surface area (Å²) in [7, 11) is 0. The second-order valence-corrected chi connectivity index (χ2v) is 8.84. The predicted molar refractivity (Wildman–Crippen MR) is 117 cm³/mol. The molecular formula is C23H37NO10. The van der Waals surface area contributed by atoms with Gasteiger partial charge in [-0.05, 0) is 12.8 Å². The van der Waals surface area contributed by atoms with E-state index < -0.39 is 73.1 Å². The van der Waals surface area contributed by atoms with E-state index in [4.69, 9.17) is 18.9 Å². The number of carbonyl (C=O) groups is 4. The molecule has 0 saturated carbocycles. The molecule has 0 spiro atoms. The Morgan fingerprint density at radius 1 is 1.12 bits per heavy atom. The Kier molecular flexibility index (Phi) is 10.7. The Morgan fingerprint density at radius 3 is 2.32 bits per heavy atom. The second-order valence-electron chi connectivity index (χ2n) is 8.84. The molecule has 0 aliphatic carbocycles. The summed E-state index contributed by atoms with van der Waals surface area (Å²) in [6.07, 6.45) is -0.947. The summed E-state index contributed by atoms with van der Waals surface area (Å²) < 4.78 is 21.6. The number of aliphatic hydroxyl groups excluding tert-OH is 2. The fraction of sp³-hybridized carbons (Fsp3) is 0.826. The van der Waals surface area contributed by atoms with Crippen molar-refractivity contribution >= 4 is 23.8 Å². The van der Waals surface area contributed by atoms with Crippen molar-refractivity contribution in [3.63, 3.8) is 0 Å². The number of fused-ring (bicyclic) bond motifs is 2. The van der Waals surface area contributed by atoms with Crippen LogP contribution in [-0.4, -0.2) is 76.9 Å². The van der Waals surface area contributed by atoms with Gasteiger partial charge in [0.05, 0.1) is 18.6 Å². The lowest BCUT2D eigenvalue weighted by Crippen LogP contribution is -2.72. The molecular weight excluding hydrogens is 450 g/mol. The fourth-order valence-corrected chi connectivity index (χ4v) is 4.08. The normalized spacial score (nSPS) is 29.0. The van der Waals surface area contributed by atoms with Crippen molar-refractivity contribution in [2.24, 2.45) is 0 Å². The molecule has 2 fully saturated rings. The van der Waals surface area contributed by atoms with Gasteiger partial charge in [-0.25, -0.2) is 4.79 Å². The zero-order valence-electron chi connectivity index (χ0n) is 20.1. The summed E-state index contributed by atoms with van der Waals surface area (Å²) in [6, 6.07) is -1.06. The molecule has 0 radical (unpaired) electrons. The highest BCUT2D eigenvalue weighted by Crippen LogP contribution is 2.39. The van der Waals surface area contributed by atoms with Gasteiger partial charge in [-0.15, -0.1) is 0 Å². The summed E-state index contributed by atoms with van der Waals surface area (Å²) in [4.78, 5) is 48.8. The minimum atomic E-state index is -2.19. The van der Waals surface area contributed by atoms with Crippen LogP contribution >= 0.6 is 0 Å². The molecule has 6 atom stereocenters. The number of hydrogen-bond acceptors (Lipinski definition) is 10. The largest absolute Gasteiger partial charge is 0.463 e. The van der Waals surface area contributed by atoms with Gasteiger partial charge in [-0.3, -0.25) is 14.4 Å². The van der Waals surface area contributed by atoms with E-state index in [2.05, 4.69) is 5.32 Å². The first kappa shape index (κ1) is 28.0. The van der Waals surface area contributed by atoms with E-state index in [1.54, 1.807) is 0 Å². The molecule has 2 aliphatic rings. The molecule has 2 aliphatic heterocycles. The highest BCUT2D eigenvalue weighted by Gasteiger charge is 2.63. The SMILES string of the molecule is CCCCCC(=O)OC[C@@H](O)[C@H]1OC(=O)[C@]2(OC(=O)CCCCC)C[C@H](O)[C@@H](NC(C)=O)[C@@H]1O2. The maximum Gasteiger partial charge on any atom is 0.380 e. The average molecular weight is 488 g/mol. The van der Waals surface area contributed by atoms with Crippen LogP contribution in [0, 0.1) is 0 Å². The molecule has 0 unspecified atom stereocenters. The minimum absolute atomic E-state index is 0.0577. The van der Waals surface area contributed by atoms with Crippen molar-refractivity contribution in [1.82, 2.24) is 5.32 Å². The number of unbranched alkanes of at least 4 members (excludes halogenated alkanes) is 4. The number of hydrogen-bond donors (Lipinski definition) is 3. The van der Waals surface area contributed by atoms with Gasteiger partial charge < -0.3 is 34.5 Å². The number of aliphatic hydroxyl groups is 2. The monoisotopic (exact) mass is 487 g/mol. The van der Waals surface area contributed by atoms with Gasteiger partial charge >= 0.3 is 23.7 Å². The minimum Gasteiger partial charge on any atom is -0.463 e. The highest BCUT2D eigenvalue weighted by atomic mass is 16.8. The molecule has 11 heteroatoms. The van der Waals surface area contributed by atoms with Crippen molar-refractivity contribution in [3.8, 4) is 0 Å². The highest BCUT2D eigenvalue weighted by molar-refractivity contribution is 5.83. The molecule has 2 bridgehead atoms. The quantitative estimate of drug-likeness (QED) is 0.193. The molecule has 2 heterocycles.